The third-order valence-corrected chi connectivity index (χ3v) is 2.34. The van der Waals surface area contributed by atoms with Crippen LogP contribution in [0.25, 0.3) is 0 Å². The van der Waals surface area contributed by atoms with Gasteiger partial charge in [0, 0.05) is 9.13 Å². The molecule has 0 radical (unpaired) electrons. The Balaban J connectivity index is 2.47. The molecule has 0 aromatic heterocycles. The van der Waals surface area contributed by atoms with E-state index in [-0.39, 0.29) is 12.4 Å². The van der Waals surface area contributed by atoms with Crippen LogP contribution in [0.5, 0.6) is 0 Å². The van der Waals surface area contributed by atoms with E-state index in [4.69, 9.17) is 9.84 Å². The van der Waals surface area contributed by atoms with Crippen molar-refractivity contribution >= 4 is 34.3 Å². The Morgan fingerprint density at radius 3 is 2.33 bits per heavy atom. The average molecular weight is 320 g/mol. The van der Waals surface area contributed by atoms with Crippen LogP contribution in [0.15, 0.2) is 24.3 Å². The lowest BCUT2D eigenvalue weighted by atomic mass is 10.1. The Labute approximate surface area is 100 Å². The van der Waals surface area contributed by atoms with Crippen molar-refractivity contribution in [1.29, 1.82) is 0 Å². The molecule has 0 spiro atoms. The van der Waals surface area contributed by atoms with Gasteiger partial charge in [-0.1, -0.05) is 12.1 Å². The minimum Gasteiger partial charge on any atom is -0.480 e. The van der Waals surface area contributed by atoms with Gasteiger partial charge in [0.1, 0.15) is 13.2 Å². The Hall–Kier alpha value is -0.950. The monoisotopic (exact) mass is 320 g/mol. The van der Waals surface area contributed by atoms with Gasteiger partial charge >= 0.3 is 5.97 Å². The quantitative estimate of drug-likeness (QED) is 0.661. The fourth-order valence-corrected chi connectivity index (χ4v) is 1.31. The Morgan fingerprint density at radius 1 is 1.20 bits per heavy atom. The lowest BCUT2D eigenvalue weighted by molar-refractivity contribution is -0.141. The fraction of sp³-hybridized carbons (Fsp3) is 0.200. The van der Waals surface area contributed by atoms with E-state index in [0.29, 0.717) is 5.56 Å². The zero-order valence-corrected chi connectivity index (χ0v) is 9.93. The number of rotatable bonds is 5. The summed E-state index contributed by atoms with van der Waals surface area (Å²) in [4.78, 5) is 21.5. The van der Waals surface area contributed by atoms with Gasteiger partial charge in [-0.05, 0) is 34.7 Å². The zero-order chi connectivity index (χ0) is 11.3. The highest BCUT2D eigenvalue weighted by atomic mass is 127. The molecule has 0 aliphatic heterocycles. The SMILES string of the molecule is O=C(O)COCC(=O)c1ccc(I)cc1. The number of benzene rings is 1. The van der Waals surface area contributed by atoms with Gasteiger partial charge in [-0.3, -0.25) is 4.79 Å². The molecule has 0 saturated heterocycles. The first-order valence-corrected chi connectivity index (χ1v) is 5.26. The molecule has 0 bridgehead atoms. The van der Waals surface area contributed by atoms with Crippen molar-refractivity contribution in [2.75, 3.05) is 13.2 Å². The molecule has 15 heavy (non-hydrogen) atoms. The highest BCUT2D eigenvalue weighted by Gasteiger charge is 2.06. The predicted molar refractivity (Wildman–Crippen MR) is 61.9 cm³/mol. The number of Topliss-reactive ketones (excluding diaryl/α,β-unsaturated/α-hetero) is 1. The zero-order valence-electron chi connectivity index (χ0n) is 7.77. The van der Waals surface area contributed by atoms with Crippen molar-refractivity contribution in [1.82, 2.24) is 0 Å². The average Bonchev–Trinajstić information content (AvgIpc) is 2.18. The molecular formula is C10H9IO4. The summed E-state index contributed by atoms with van der Waals surface area (Å²) in [6.07, 6.45) is 0. The molecule has 0 fully saturated rings. The van der Waals surface area contributed by atoms with Gasteiger partial charge in [-0.25, -0.2) is 4.79 Å². The molecule has 0 saturated carbocycles. The van der Waals surface area contributed by atoms with Crippen LogP contribution in [0.3, 0.4) is 0 Å². The first-order valence-electron chi connectivity index (χ1n) is 4.18. The van der Waals surface area contributed by atoms with Gasteiger partial charge in [0.05, 0.1) is 0 Å². The molecule has 0 aliphatic carbocycles. The highest BCUT2D eigenvalue weighted by Crippen LogP contribution is 2.07. The summed E-state index contributed by atoms with van der Waals surface area (Å²) in [7, 11) is 0. The molecule has 4 nitrogen and oxygen atoms in total. The molecule has 0 unspecified atom stereocenters. The third kappa shape index (κ3) is 4.39. The maximum atomic E-state index is 11.4. The van der Waals surface area contributed by atoms with Gasteiger partial charge in [-0.15, -0.1) is 0 Å². The number of carboxylic acids is 1. The first kappa shape index (κ1) is 12.1. The standard InChI is InChI=1S/C10H9IO4/c11-8-3-1-7(2-4-8)9(12)5-15-6-10(13)14/h1-4H,5-6H2,(H,13,14). The van der Waals surface area contributed by atoms with Gasteiger partial charge < -0.3 is 9.84 Å². The van der Waals surface area contributed by atoms with E-state index in [1.54, 1.807) is 12.1 Å². The maximum absolute atomic E-state index is 11.4. The minimum atomic E-state index is -1.08. The summed E-state index contributed by atoms with van der Waals surface area (Å²) in [6, 6.07) is 7.00. The normalized spacial score (nSPS) is 9.93. The number of ketones is 1. The number of hydrogen-bond acceptors (Lipinski definition) is 3. The Bertz CT molecular complexity index is 358. The molecule has 0 heterocycles. The molecule has 5 heteroatoms. The molecule has 80 valence electrons. The van der Waals surface area contributed by atoms with Crippen LogP contribution in [0.4, 0.5) is 0 Å². The van der Waals surface area contributed by atoms with Crippen LogP contribution in [0.2, 0.25) is 0 Å². The molecule has 1 aromatic carbocycles. The second kappa shape index (κ2) is 5.82. The van der Waals surface area contributed by atoms with Crippen LogP contribution in [0.1, 0.15) is 10.4 Å². The van der Waals surface area contributed by atoms with Crippen molar-refractivity contribution in [3.05, 3.63) is 33.4 Å². The summed E-state index contributed by atoms with van der Waals surface area (Å²) in [5.41, 5.74) is 0.529. The van der Waals surface area contributed by atoms with E-state index in [0.717, 1.165) is 3.57 Å². The van der Waals surface area contributed by atoms with Gasteiger partial charge in [0.15, 0.2) is 5.78 Å². The minimum absolute atomic E-state index is 0.201. The van der Waals surface area contributed by atoms with E-state index in [1.165, 1.54) is 0 Å². The molecular weight excluding hydrogens is 311 g/mol. The Kier molecular flexibility index (Phi) is 4.70. The van der Waals surface area contributed by atoms with Crippen molar-refractivity contribution in [3.63, 3.8) is 0 Å². The number of hydrogen-bond donors (Lipinski definition) is 1. The molecule has 0 atom stereocenters. The fourth-order valence-electron chi connectivity index (χ4n) is 0.950. The second-order valence-electron chi connectivity index (χ2n) is 2.82. The van der Waals surface area contributed by atoms with Gasteiger partial charge in [0.2, 0.25) is 0 Å². The molecule has 1 N–H and O–H groups in total. The van der Waals surface area contributed by atoms with Crippen LogP contribution in [-0.4, -0.2) is 30.1 Å². The number of carbonyl (C=O) groups excluding carboxylic acids is 1. The molecule has 0 aliphatic rings. The van der Waals surface area contributed by atoms with Crippen molar-refractivity contribution in [2.45, 2.75) is 0 Å². The molecule has 0 amide bonds. The summed E-state index contributed by atoms with van der Waals surface area (Å²) in [5, 5.41) is 8.30. The Morgan fingerprint density at radius 2 is 1.80 bits per heavy atom. The summed E-state index contributed by atoms with van der Waals surface area (Å²) < 4.78 is 5.73. The van der Waals surface area contributed by atoms with E-state index < -0.39 is 12.6 Å². The third-order valence-electron chi connectivity index (χ3n) is 1.62. The van der Waals surface area contributed by atoms with Crippen molar-refractivity contribution in [3.8, 4) is 0 Å². The van der Waals surface area contributed by atoms with Crippen LogP contribution in [0, 0.1) is 3.57 Å². The predicted octanol–water partition coefficient (Wildman–Crippen LogP) is 1.58. The number of ether oxygens (including phenoxy) is 1. The van der Waals surface area contributed by atoms with Crippen LogP contribution < -0.4 is 0 Å². The number of carboxylic acid groups (broad SMARTS) is 1. The van der Waals surface area contributed by atoms with Gasteiger partial charge in [0.25, 0.3) is 0 Å². The second-order valence-corrected chi connectivity index (χ2v) is 4.06. The molecule has 1 aromatic rings. The topological polar surface area (TPSA) is 63.6 Å². The van der Waals surface area contributed by atoms with Crippen LogP contribution in [-0.2, 0) is 9.53 Å². The van der Waals surface area contributed by atoms with Crippen molar-refractivity contribution < 1.29 is 19.4 Å². The first-order chi connectivity index (χ1) is 7.09. The van der Waals surface area contributed by atoms with E-state index in [1.807, 2.05) is 12.1 Å². The van der Waals surface area contributed by atoms with E-state index in [9.17, 15) is 9.59 Å². The highest BCUT2D eigenvalue weighted by molar-refractivity contribution is 14.1. The van der Waals surface area contributed by atoms with E-state index in [2.05, 4.69) is 22.6 Å². The van der Waals surface area contributed by atoms with Crippen LogP contribution >= 0.6 is 22.6 Å². The lowest BCUT2D eigenvalue weighted by Crippen LogP contribution is -2.14. The van der Waals surface area contributed by atoms with E-state index >= 15 is 0 Å². The largest absolute Gasteiger partial charge is 0.480 e. The summed E-state index contributed by atoms with van der Waals surface area (Å²) in [6.45, 7) is -0.650. The number of halogens is 1. The summed E-state index contributed by atoms with van der Waals surface area (Å²) >= 11 is 2.14. The number of aliphatic carboxylic acids is 1. The summed E-state index contributed by atoms with van der Waals surface area (Å²) in [5.74, 6) is -1.29. The molecule has 1 rings (SSSR count). The lowest BCUT2D eigenvalue weighted by Gasteiger charge is -2.01. The number of carbonyl (C=O) groups is 2. The van der Waals surface area contributed by atoms with Crippen molar-refractivity contribution in [2.24, 2.45) is 0 Å². The maximum Gasteiger partial charge on any atom is 0.329 e. The smallest absolute Gasteiger partial charge is 0.329 e. The van der Waals surface area contributed by atoms with Gasteiger partial charge in [-0.2, -0.15) is 0 Å².